The summed E-state index contributed by atoms with van der Waals surface area (Å²) in [6.45, 7) is 1.96. The predicted molar refractivity (Wildman–Crippen MR) is 78.0 cm³/mol. The van der Waals surface area contributed by atoms with Gasteiger partial charge >= 0.3 is 0 Å². The molecule has 0 amide bonds. The highest BCUT2D eigenvalue weighted by molar-refractivity contribution is 7.99. The van der Waals surface area contributed by atoms with Gasteiger partial charge in [0.05, 0.1) is 5.03 Å². The van der Waals surface area contributed by atoms with Crippen molar-refractivity contribution in [3.63, 3.8) is 0 Å². The number of aromatic nitrogens is 3. The van der Waals surface area contributed by atoms with E-state index >= 15 is 0 Å². The highest BCUT2D eigenvalue weighted by Crippen LogP contribution is 2.35. The molecule has 3 rings (SSSR count). The molecule has 2 aromatic heterocycles. The van der Waals surface area contributed by atoms with Crippen LogP contribution in [0.15, 0.2) is 53.8 Å². The summed E-state index contributed by atoms with van der Waals surface area (Å²) in [5.74, 6) is -0.187. The highest BCUT2D eigenvalue weighted by atomic mass is 32.2. The summed E-state index contributed by atoms with van der Waals surface area (Å²) >= 11 is 1.51. The van der Waals surface area contributed by atoms with Crippen LogP contribution in [-0.4, -0.2) is 15.0 Å². The summed E-state index contributed by atoms with van der Waals surface area (Å²) in [5, 5.41) is 0.798. The van der Waals surface area contributed by atoms with Crippen molar-refractivity contribution >= 4 is 22.9 Å². The fourth-order valence-electron chi connectivity index (χ4n) is 1.95. The molecule has 100 valence electrons. The van der Waals surface area contributed by atoms with Crippen LogP contribution in [0.3, 0.4) is 0 Å². The van der Waals surface area contributed by atoms with E-state index in [1.807, 2.05) is 25.1 Å². The SMILES string of the molecule is CC(Sc1ccc2nccnc2n1)c1ccccc1F. The molecule has 0 spiro atoms. The van der Waals surface area contributed by atoms with E-state index in [0.717, 1.165) is 10.5 Å². The van der Waals surface area contributed by atoms with Gasteiger partial charge < -0.3 is 0 Å². The summed E-state index contributed by atoms with van der Waals surface area (Å²) in [7, 11) is 0. The van der Waals surface area contributed by atoms with Crippen LogP contribution in [-0.2, 0) is 0 Å². The van der Waals surface area contributed by atoms with Crippen molar-refractivity contribution in [3.05, 3.63) is 60.2 Å². The zero-order valence-electron chi connectivity index (χ0n) is 10.8. The summed E-state index contributed by atoms with van der Waals surface area (Å²) in [4.78, 5) is 12.8. The van der Waals surface area contributed by atoms with Gasteiger partial charge in [0.1, 0.15) is 11.3 Å². The van der Waals surface area contributed by atoms with E-state index in [0.29, 0.717) is 11.2 Å². The Hall–Kier alpha value is -2.01. The third-order valence-electron chi connectivity index (χ3n) is 2.95. The molecule has 1 atom stereocenters. The van der Waals surface area contributed by atoms with E-state index < -0.39 is 0 Å². The lowest BCUT2D eigenvalue weighted by atomic mass is 10.1. The van der Waals surface area contributed by atoms with Crippen LogP contribution in [0.5, 0.6) is 0 Å². The number of hydrogen-bond donors (Lipinski definition) is 0. The largest absolute Gasteiger partial charge is 0.251 e. The Labute approximate surface area is 120 Å². The molecule has 0 aliphatic heterocycles. The van der Waals surface area contributed by atoms with E-state index in [2.05, 4.69) is 15.0 Å². The maximum absolute atomic E-state index is 13.7. The molecule has 5 heteroatoms. The van der Waals surface area contributed by atoms with Gasteiger partial charge in [-0.1, -0.05) is 30.0 Å². The molecular weight excluding hydrogens is 273 g/mol. The first-order valence-electron chi connectivity index (χ1n) is 6.23. The second-order valence-corrected chi connectivity index (χ2v) is 5.69. The Bertz CT molecular complexity index is 748. The van der Waals surface area contributed by atoms with Crippen LogP contribution in [0.4, 0.5) is 4.39 Å². The quantitative estimate of drug-likeness (QED) is 0.681. The molecule has 0 radical (unpaired) electrons. The highest BCUT2D eigenvalue weighted by Gasteiger charge is 2.12. The first-order chi connectivity index (χ1) is 9.74. The van der Waals surface area contributed by atoms with Crippen molar-refractivity contribution < 1.29 is 4.39 Å². The van der Waals surface area contributed by atoms with E-state index in [-0.39, 0.29) is 11.1 Å². The second kappa shape index (κ2) is 5.54. The van der Waals surface area contributed by atoms with E-state index in [1.165, 1.54) is 17.8 Å². The molecular formula is C15H12FN3S. The van der Waals surface area contributed by atoms with Gasteiger partial charge in [-0.25, -0.2) is 14.4 Å². The monoisotopic (exact) mass is 285 g/mol. The molecule has 2 heterocycles. The van der Waals surface area contributed by atoms with Crippen LogP contribution in [0.1, 0.15) is 17.7 Å². The van der Waals surface area contributed by atoms with Crippen LogP contribution in [0.2, 0.25) is 0 Å². The van der Waals surface area contributed by atoms with E-state index in [4.69, 9.17) is 0 Å². The lowest BCUT2D eigenvalue weighted by molar-refractivity contribution is 0.611. The summed E-state index contributed by atoms with van der Waals surface area (Å²) in [5.41, 5.74) is 2.05. The zero-order valence-corrected chi connectivity index (χ0v) is 11.6. The van der Waals surface area contributed by atoms with Gasteiger partial charge in [-0.15, -0.1) is 0 Å². The number of rotatable bonds is 3. The number of benzene rings is 1. The number of thioether (sulfide) groups is 1. The van der Waals surface area contributed by atoms with Crippen LogP contribution in [0, 0.1) is 5.82 Å². The van der Waals surface area contributed by atoms with Crippen molar-refractivity contribution in [2.45, 2.75) is 17.2 Å². The number of nitrogens with zero attached hydrogens (tertiary/aromatic N) is 3. The third-order valence-corrected chi connectivity index (χ3v) is 4.02. The van der Waals surface area contributed by atoms with Crippen molar-refractivity contribution in [2.24, 2.45) is 0 Å². The Morgan fingerprint density at radius 3 is 2.70 bits per heavy atom. The summed E-state index contributed by atoms with van der Waals surface area (Å²) in [6, 6.07) is 10.6. The van der Waals surface area contributed by atoms with Crippen LogP contribution < -0.4 is 0 Å². The molecule has 20 heavy (non-hydrogen) atoms. The first kappa shape index (κ1) is 13.0. The Morgan fingerprint density at radius 2 is 1.85 bits per heavy atom. The van der Waals surface area contributed by atoms with Crippen molar-refractivity contribution in [1.82, 2.24) is 15.0 Å². The minimum atomic E-state index is -0.187. The molecule has 1 unspecified atom stereocenters. The molecule has 3 nitrogen and oxygen atoms in total. The molecule has 0 N–H and O–H groups in total. The van der Waals surface area contributed by atoms with Crippen LogP contribution in [0.25, 0.3) is 11.2 Å². The van der Waals surface area contributed by atoms with Gasteiger partial charge in [0.15, 0.2) is 5.65 Å². The fraction of sp³-hybridized carbons (Fsp3) is 0.133. The first-order valence-corrected chi connectivity index (χ1v) is 7.11. The van der Waals surface area contributed by atoms with E-state index in [1.54, 1.807) is 24.5 Å². The Kier molecular flexibility index (Phi) is 3.60. The van der Waals surface area contributed by atoms with Crippen molar-refractivity contribution in [1.29, 1.82) is 0 Å². The molecule has 0 aliphatic carbocycles. The van der Waals surface area contributed by atoms with Crippen molar-refractivity contribution in [3.8, 4) is 0 Å². The molecule has 1 aromatic carbocycles. The summed E-state index contributed by atoms with van der Waals surface area (Å²) < 4.78 is 13.7. The molecule has 0 aliphatic rings. The second-order valence-electron chi connectivity index (χ2n) is 4.33. The lowest BCUT2D eigenvalue weighted by Gasteiger charge is -2.11. The van der Waals surface area contributed by atoms with Gasteiger partial charge in [0, 0.05) is 23.2 Å². The molecule has 3 aromatic rings. The molecule has 0 saturated heterocycles. The summed E-state index contributed by atoms with van der Waals surface area (Å²) in [6.07, 6.45) is 3.25. The van der Waals surface area contributed by atoms with Gasteiger partial charge in [0.25, 0.3) is 0 Å². The predicted octanol–water partition coefficient (Wildman–Crippen LogP) is 4.02. The molecule has 0 bridgehead atoms. The van der Waals surface area contributed by atoms with Gasteiger partial charge in [-0.2, -0.15) is 0 Å². The average molecular weight is 285 g/mol. The average Bonchev–Trinajstić information content (AvgIpc) is 2.47. The smallest absolute Gasteiger partial charge is 0.179 e. The fourth-order valence-corrected chi connectivity index (χ4v) is 2.92. The van der Waals surface area contributed by atoms with E-state index in [9.17, 15) is 4.39 Å². The molecule has 0 fully saturated rings. The number of halogens is 1. The maximum Gasteiger partial charge on any atom is 0.179 e. The Morgan fingerprint density at radius 1 is 1.05 bits per heavy atom. The third kappa shape index (κ3) is 2.63. The van der Waals surface area contributed by atoms with Crippen molar-refractivity contribution in [2.75, 3.05) is 0 Å². The van der Waals surface area contributed by atoms with Gasteiger partial charge in [-0.05, 0) is 25.1 Å². The lowest BCUT2D eigenvalue weighted by Crippen LogP contribution is -1.94. The van der Waals surface area contributed by atoms with Crippen LogP contribution >= 0.6 is 11.8 Å². The number of fused-ring (bicyclic) bond motifs is 1. The normalized spacial score (nSPS) is 12.5. The minimum Gasteiger partial charge on any atom is -0.251 e. The Balaban J connectivity index is 1.87. The minimum absolute atomic E-state index is 0.0159. The van der Waals surface area contributed by atoms with Gasteiger partial charge in [0.2, 0.25) is 0 Å². The number of hydrogen-bond acceptors (Lipinski definition) is 4. The zero-order chi connectivity index (χ0) is 13.9. The standard InChI is InChI=1S/C15H12FN3S/c1-10(11-4-2-3-5-12(11)16)20-14-7-6-13-15(19-14)18-9-8-17-13/h2-10H,1H3. The topological polar surface area (TPSA) is 38.7 Å². The maximum atomic E-state index is 13.7. The van der Waals surface area contributed by atoms with Gasteiger partial charge in [-0.3, -0.25) is 4.98 Å². The number of pyridine rings is 1. The molecule has 0 saturated carbocycles.